The van der Waals surface area contributed by atoms with Crippen molar-refractivity contribution in [2.24, 2.45) is 5.92 Å². The number of oxazole rings is 1. The van der Waals surface area contributed by atoms with E-state index in [1.165, 1.54) is 18.4 Å². The van der Waals surface area contributed by atoms with Crippen LogP contribution in [0.15, 0.2) is 22.8 Å². The molecular formula is C25H33FN4O3. The zero-order valence-electron chi connectivity index (χ0n) is 19.7. The van der Waals surface area contributed by atoms with Crippen molar-refractivity contribution < 1.29 is 18.4 Å². The first kappa shape index (κ1) is 23.4. The lowest BCUT2D eigenvalue weighted by Crippen LogP contribution is -2.54. The predicted octanol–water partition coefficient (Wildman–Crippen LogP) is 3.83. The minimum Gasteiger partial charge on any atom is -0.449 e. The highest BCUT2D eigenvalue weighted by Crippen LogP contribution is 2.29. The van der Waals surface area contributed by atoms with Crippen molar-refractivity contribution in [3.8, 4) is 0 Å². The van der Waals surface area contributed by atoms with E-state index in [0.29, 0.717) is 36.3 Å². The van der Waals surface area contributed by atoms with Crippen LogP contribution in [-0.4, -0.2) is 52.3 Å². The Labute approximate surface area is 194 Å². The number of hydrogen-bond acceptors (Lipinski definition) is 5. The van der Waals surface area contributed by atoms with E-state index in [1.54, 1.807) is 6.92 Å². The number of piperazine rings is 1. The van der Waals surface area contributed by atoms with Crippen molar-refractivity contribution in [3.05, 3.63) is 46.9 Å². The van der Waals surface area contributed by atoms with Crippen LogP contribution in [0.25, 0.3) is 0 Å². The summed E-state index contributed by atoms with van der Waals surface area (Å²) in [6.45, 7) is 8.49. The third-order valence-corrected chi connectivity index (χ3v) is 6.86. The summed E-state index contributed by atoms with van der Waals surface area (Å²) in [5, 5.41) is 2.82. The van der Waals surface area contributed by atoms with Gasteiger partial charge in [-0.1, -0.05) is 12.8 Å². The van der Waals surface area contributed by atoms with E-state index in [4.69, 9.17) is 4.42 Å². The summed E-state index contributed by atoms with van der Waals surface area (Å²) in [7, 11) is 0. The van der Waals surface area contributed by atoms with Gasteiger partial charge < -0.3 is 14.6 Å². The second-order valence-electron chi connectivity index (χ2n) is 9.42. The van der Waals surface area contributed by atoms with Crippen LogP contribution in [0.5, 0.6) is 0 Å². The zero-order valence-corrected chi connectivity index (χ0v) is 19.7. The fraction of sp³-hybridized carbons (Fsp3) is 0.560. The zero-order chi connectivity index (χ0) is 23.5. The fourth-order valence-corrected chi connectivity index (χ4v) is 5.03. The van der Waals surface area contributed by atoms with E-state index in [1.807, 2.05) is 11.8 Å². The van der Waals surface area contributed by atoms with Crippen molar-refractivity contribution in [2.45, 2.75) is 65.5 Å². The Hall–Kier alpha value is -2.74. The van der Waals surface area contributed by atoms with Crippen molar-refractivity contribution in [1.82, 2.24) is 14.8 Å². The third kappa shape index (κ3) is 5.61. The molecule has 1 aromatic heterocycles. The lowest BCUT2D eigenvalue weighted by Gasteiger charge is -2.41. The molecule has 1 N–H and O–H groups in total. The minimum absolute atomic E-state index is 0.0666. The smallest absolute Gasteiger partial charge is 0.230 e. The monoisotopic (exact) mass is 456 g/mol. The van der Waals surface area contributed by atoms with Gasteiger partial charge in [0.25, 0.3) is 0 Å². The fourth-order valence-electron chi connectivity index (χ4n) is 5.03. The molecule has 0 spiro atoms. The summed E-state index contributed by atoms with van der Waals surface area (Å²) < 4.78 is 19.6. The van der Waals surface area contributed by atoms with Gasteiger partial charge in [0.15, 0.2) is 5.89 Å². The number of rotatable bonds is 6. The number of amides is 2. The van der Waals surface area contributed by atoms with E-state index in [-0.39, 0.29) is 30.1 Å². The maximum absolute atomic E-state index is 14.4. The Balaban J connectivity index is 1.38. The van der Waals surface area contributed by atoms with Gasteiger partial charge in [-0.3, -0.25) is 14.5 Å². The van der Waals surface area contributed by atoms with E-state index in [2.05, 4.69) is 22.1 Å². The summed E-state index contributed by atoms with van der Waals surface area (Å²) in [6, 6.07) is 3.02. The highest BCUT2D eigenvalue weighted by atomic mass is 19.1. The Kier molecular flexibility index (Phi) is 7.12. The van der Waals surface area contributed by atoms with Gasteiger partial charge in [0, 0.05) is 50.7 Å². The Morgan fingerprint density at radius 1 is 1.21 bits per heavy atom. The molecule has 1 aliphatic heterocycles. The Morgan fingerprint density at radius 2 is 1.97 bits per heavy atom. The molecule has 8 heteroatoms. The molecule has 1 aromatic carbocycles. The van der Waals surface area contributed by atoms with Crippen molar-refractivity contribution in [2.75, 3.05) is 25.0 Å². The molecule has 1 aliphatic carbocycles. The van der Waals surface area contributed by atoms with Crippen LogP contribution in [0.3, 0.4) is 0 Å². The molecule has 1 saturated carbocycles. The van der Waals surface area contributed by atoms with Gasteiger partial charge in [0.2, 0.25) is 11.8 Å². The highest BCUT2D eigenvalue weighted by Gasteiger charge is 2.33. The van der Waals surface area contributed by atoms with Gasteiger partial charge in [-0.2, -0.15) is 0 Å². The second-order valence-corrected chi connectivity index (χ2v) is 9.42. The van der Waals surface area contributed by atoms with Crippen LogP contribution in [-0.2, 0) is 22.6 Å². The number of hydrogen-bond donors (Lipinski definition) is 1. The average Bonchev–Trinajstić information content (AvgIpc) is 3.43. The largest absolute Gasteiger partial charge is 0.449 e. The number of anilines is 1. The van der Waals surface area contributed by atoms with Gasteiger partial charge in [0.1, 0.15) is 12.1 Å². The first-order valence-corrected chi connectivity index (χ1v) is 11.8. The molecule has 2 amide bonds. The van der Waals surface area contributed by atoms with Crippen molar-refractivity contribution >= 4 is 17.5 Å². The molecule has 1 unspecified atom stereocenters. The number of carbonyl (C=O) groups excluding carboxylic acids is 2. The molecule has 2 heterocycles. The second kappa shape index (κ2) is 10.0. The molecule has 4 rings (SSSR count). The SMILES string of the molecule is Cc1nc(CC(=O)Nc2cc(F)cc(CN3CCN(C(=O)C4CCCC4)C(C)C3)c2C)co1. The molecule has 0 radical (unpaired) electrons. The van der Waals surface area contributed by atoms with E-state index in [9.17, 15) is 14.0 Å². The first-order valence-electron chi connectivity index (χ1n) is 11.8. The predicted molar refractivity (Wildman–Crippen MR) is 123 cm³/mol. The van der Waals surface area contributed by atoms with E-state index < -0.39 is 0 Å². The van der Waals surface area contributed by atoms with Crippen molar-refractivity contribution in [3.63, 3.8) is 0 Å². The molecule has 1 saturated heterocycles. The molecule has 1 atom stereocenters. The normalized spacial score (nSPS) is 19.8. The topological polar surface area (TPSA) is 78.7 Å². The van der Waals surface area contributed by atoms with Crippen LogP contribution < -0.4 is 5.32 Å². The number of halogens is 1. The summed E-state index contributed by atoms with van der Waals surface area (Å²) in [4.78, 5) is 33.7. The molecule has 2 aliphatic rings. The highest BCUT2D eigenvalue weighted by molar-refractivity contribution is 5.92. The van der Waals surface area contributed by atoms with Gasteiger partial charge >= 0.3 is 0 Å². The Morgan fingerprint density at radius 3 is 2.64 bits per heavy atom. The maximum Gasteiger partial charge on any atom is 0.230 e. The van der Waals surface area contributed by atoms with Crippen LogP contribution in [0.1, 0.15) is 55.3 Å². The van der Waals surface area contributed by atoms with Crippen LogP contribution >= 0.6 is 0 Å². The first-order chi connectivity index (χ1) is 15.8. The molecule has 0 bridgehead atoms. The lowest BCUT2D eigenvalue weighted by molar-refractivity contribution is -0.140. The molecule has 2 fully saturated rings. The number of aryl methyl sites for hydroxylation is 1. The third-order valence-electron chi connectivity index (χ3n) is 6.86. The minimum atomic E-state index is -0.383. The van der Waals surface area contributed by atoms with Crippen LogP contribution in [0.2, 0.25) is 0 Å². The quantitative estimate of drug-likeness (QED) is 0.715. The lowest BCUT2D eigenvalue weighted by atomic mass is 10.0. The standard InChI is InChI=1S/C25H33FN4O3/c1-16-13-29(8-9-30(16)25(32)19-6-4-5-7-19)14-20-10-21(26)11-23(17(20)2)28-24(31)12-22-15-33-18(3)27-22/h10-11,15-16,19H,4-9,12-14H2,1-3H3,(H,28,31). The molecular weight excluding hydrogens is 423 g/mol. The van der Waals surface area contributed by atoms with Crippen LogP contribution in [0.4, 0.5) is 10.1 Å². The number of aromatic nitrogens is 1. The van der Waals surface area contributed by atoms with Gasteiger partial charge in [-0.05, 0) is 49.9 Å². The average molecular weight is 457 g/mol. The van der Waals surface area contributed by atoms with E-state index >= 15 is 0 Å². The van der Waals surface area contributed by atoms with Gasteiger partial charge in [-0.15, -0.1) is 0 Å². The van der Waals surface area contributed by atoms with Gasteiger partial charge in [0.05, 0.1) is 12.1 Å². The molecule has 2 aromatic rings. The van der Waals surface area contributed by atoms with Gasteiger partial charge in [-0.25, -0.2) is 9.37 Å². The Bertz CT molecular complexity index is 1020. The summed E-state index contributed by atoms with van der Waals surface area (Å²) in [6.07, 6.45) is 5.85. The molecule has 178 valence electrons. The summed E-state index contributed by atoms with van der Waals surface area (Å²) in [5.74, 6) is 0.342. The molecule has 33 heavy (non-hydrogen) atoms. The number of carbonyl (C=O) groups is 2. The summed E-state index contributed by atoms with van der Waals surface area (Å²) in [5.41, 5.74) is 2.69. The molecule has 7 nitrogen and oxygen atoms in total. The maximum atomic E-state index is 14.4. The number of nitrogens with one attached hydrogen (secondary N) is 1. The van der Waals surface area contributed by atoms with Crippen LogP contribution in [0, 0.1) is 25.6 Å². The number of benzene rings is 1. The van der Waals surface area contributed by atoms with E-state index in [0.717, 1.165) is 49.9 Å². The summed E-state index contributed by atoms with van der Waals surface area (Å²) >= 11 is 0. The van der Waals surface area contributed by atoms with Crippen molar-refractivity contribution in [1.29, 1.82) is 0 Å². The number of nitrogens with zero attached hydrogens (tertiary/aromatic N) is 3.